The van der Waals surface area contributed by atoms with E-state index in [1.54, 1.807) is 0 Å². The van der Waals surface area contributed by atoms with Crippen molar-refractivity contribution in [3.63, 3.8) is 0 Å². The molecule has 1 fully saturated rings. The molecule has 0 aromatic carbocycles. The number of likely N-dealkylation sites (tertiary alicyclic amines) is 1. The van der Waals surface area contributed by atoms with Crippen LogP contribution in [-0.2, 0) is 9.59 Å². The summed E-state index contributed by atoms with van der Waals surface area (Å²) in [5.41, 5.74) is 0. The zero-order valence-electron chi connectivity index (χ0n) is 9.24. The summed E-state index contributed by atoms with van der Waals surface area (Å²) >= 11 is 2.13. The Balaban J connectivity index is 2.81. The van der Waals surface area contributed by atoms with E-state index in [1.165, 1.54) is 4.90 Å². The molecule has 1 aliphatic heterocycles. The van der Waals surface area contributed by atoms with E-state index in [-0.39, 0.29) is 29.7 Å². The fourth-order valence-electron chi connectivity index (χ4n) is 1.88. The molecule has 4 heteroatoms. The van der Waals surface area contributed by atoms with Gasteiger partial charge in [0.1, 0.15) is 0 Å². The van der Waals surface area contributed by atoms with Crippen LogP contribution >= 0.6 is 22.6 Å². The summed E-state index contributed by atoms with van der Waals surface area (Å²) in [6.07, 6.45) is 2.33. The molecule has 1 aliphatic rings. The summed E-state index contributed by atoms with van der Waals surface area (Å²) in [5.74, 6) is -0.0706. The summed E-state index contributed by atoms with van der Waals surface area (Å²) in [4.78, 5) is 25.0. The summed E-state index contributed by atoms with van der Waals surface area (Å²) in [6.45, 7) is 5.73. The minimum absolute atomic E-state index is 0.0167. The van der Waals surface area contributed by atoms with Gasteiger partial charge in [0.2, 0.25) is 11.8 Å². The number of halogens is 1. The molecule has 0 spiro atoms. The van der Waals surface area contributed by atoms with E-state index in [2.05, 4.69) is 22.6 Å². The normalized spacial score (nSPS) is 24.6. The van der Waals surface area contributed by atoms with Gasteiger partial charge in [0.15, 0.2) is 0 Å². The van der Waals surface area contributed by atoms with Crippen molar-refractivity contribution in [2.45, 2.75) is 33.2 Å². The van der Waals surface area contributed by atoms with Crippen LogP contribution in [0.25, 0.3) is 0 Å². The highest BCUT2D eigenvalue weighted by atomic mass is 127. The van der Waals surface area contributed by atoms with E-state index in [0.717, 1.165) is 0 Å². The third kappa shape index (κ3) is 2.59. The molecule has 0 bridgehead atoms. The zero-order valence-corrected chi connectivity index (χ0v) is 11.4. The molecule has 0 N–H and O–H groups in total. The highest BCUT2D eigenvalue weighted by molar-refractivity contribution is 14.1. The molecule has 15 heavy (non-hydrogen) atoms. The molecule has 0 aliphatic carbocycles. The maximum atomic E-state index is 11.9. The first kappa shape index (κ1) is 12.7. The molecule has 0 radical (unpaired) electrons. The van der Waals surface area contributed by atoms with Gasteiger partial charge in [-0.15, -0.1) is 0 Å². The number of carbonyl (C=O) groups is 2. The number of allylic oxidation sites excluding steroid dienone is 1. The highest BCUT2D eigenvalue weighted by Gasteiger charge is 2.41. The van der Waals surface area contributed by atoms with Gasteiger partial charge in [-0.3, -0.25) is 14.5 Å². The van der Waals surface area contributed by atoms with Crippen LogP contribution in [0, 0.1) is 11.8 Å². The maximum Gasteiger partial charge on any atom is 0.233 e. The largest absolute Gasteiger partial charge is 0.280 e. The third-order valence-corrected chi connectivity index (χ3v) is 3.16. The number of rotatable bonds is 3. The van der Waals surface area contributed by atoms with E-state index in [0.29, 0.717) is 6.42 Å². The van der Waals surface area contributed by atoms with E-state index < -0.39 is 0 Å². The van der Waals surface area contributed by atoms with Gasteiger partial charge in [-0.2, -0.15) is 0 Å². The first-order chi connectivity index (χ1) is 6.99. The predicted octanol–water partition coefficient (Wildman–Crippen LogP) is 2.35. The lowest BCUT2D eigenvalue weighted by atomic mass is 9.93. The first-order valence-electron chi connectivity index (χ1n) is 5.11. The van der Waals surface area contributed by atoms with Crippen LogP contribution in [0.5, 0.6) is 0 Å². The smallest absolute Gasteiger partial charge is 0.233 e. The van der Waals surface area contributed by atoms with E-state index in [9.17, 15) is 9.59 Å². The van der Waals surface area contributed by atoms with Crippen LogP contribution < -0.4 is 0 Å². The van der Waals surface area contributed by atoms with Gasteiger partial charge in [-0.25, -0.2) is 0 Å². The lowest BCUT2D eigenvalue weighted by Crippen LogP contribution is -2.37. The van der Waals surface area contributed by atoms with Gasteiger partial charge in [0.25, 0.3) is 0 Å². The third-order valence-electron chi connectivity index (χ3n) is 2.75. The number of imide groups is 1. The Kier molecular flexibility index (Phi) is 4.31. The maximum absolute atomic E-state index is 11.9. The van der Waals surface area contributed by atoms with Crippen molar-refractivity contribution in [3.05, 3.63) is 10.2 Å². The van der Waals surface area contributed by atoms with Crippen molar-refractivity contribution >= 4 is 34.4 Å². The molecule has 1 heterocycles. The standard InChI is InChI=1S/C11H16INO2/c1-7(2)13-10(14)6-9(11(13)15)8(3)4-5-12/h4-5,7-9H,6H2,1-3H3/b5-4+. The van der Waals surface area contributed by atoms with Crippen molar-refractivity contribution in [1.29, 1.82) is 0 Å². The molecule has 84 valence electrons. The van der Waals surface area contributed by atoms with Crippen molar-refractivity contribution < 1.29 is 9.59 Å². The molecule has 3 nitrogen and oxygen atoms in total. The van der Waals surface area contributed by atoms with Crippen molar-refractivity contribution in [2.24, 2.45) is 11.8 Å². The number of hydrogen-bond donors (Lipinski definition) is 0. The van der Waals surface area contributed by atoms with E-state index in [1.807, 2.05) is 30.9 Å². The monoisotopic (exact) mass is 321 g/mol. The number of carbonyl (C=O) groups excluding carboxylic acids is 2. The van der Waals surface area contributed by atoms with Gasteiger partial charge >= 0.3 is 0 Å². The summed E-state index contributed by atoms with van der Waals surface area (Å²) in [5, 5.41) is 0. The van der Waals surface area contributed by atoms with Crippen molar-refractivity contribution in [2.75, 3.05) is 0 Å². The summed E-state index contributed by atoms with van der Waals surface area (Å²) < 4.78 is 1.90. The fourth-order valence-corrected chi connectivity index (χ4v) is 2.53. The van der Waals surface area contributed by atoms with Crippen LogP contribution in [0.15, 0.2) is 10.2 Å². The topological polar surface area (TPSA) is 37.4 Å². The van der Waals surface area contributed by atoms with Gasteiger partial charge in [0.05, 0.1) is 5.92 Å². The van der Waals surface area contributed by atoms with Crippen LogP contribution in [0.4, 0.5) is 0 Å². The van der Waals surface area contributed by atoms with Gasteiger partial charge in [-0.05, 0) is 23.8 Å². The molecule has 1 rings (SSSR count). The SMILES string of the molecule is CC(/C=C/I)C1CC(=O)N(C(C)C)C1=O. The second kappa shape index (κ2) is 5.09. The molecule has 0 aromatic heterocycles. The molecular weight excluding hydrogens is 305 g/mol. The summed E-state index contributed by atoms with van der Waals surface area (Å²) in [6, 6.07) is -0.0224. The summed E-state index contributed by atoms with van der Waals surface area (Å²) in [7, 11) is 0. The highest BCUT2D eigenvalue weighted by Crippen LogP contribution is 2.28. The molecule has 0 saturated carbocycles. The number of nitrogens with zero attached hydrogens (tertiary/aromatic N) is 1. The lowest BCUT2D eigenvalue weighted by Gasteiger charge is -2.20. The quantitative estimate of drug-likeness (QED) is 0.591. The molecule has 2 atom stereocenters. The lowest BCUT2D eigenvalue weighted by molar-refractivity contribution is -0.141. The Labute approximate surface area is 104 Å². The van der Waals surface area contributed by atoms with Crippen molar-refractivity contribution in [3.8, 4) is 0 Å². The minimum atomic E-state index is -0.161. The Hall–Kier alpha value is -0.390. The molecule has 0 aromatic rings. The Morgan fingerprint density at radius 2 is 2.00 bits per heavy atom. The molecule has 1 saturated heterocycles. The Bertz CT molecular complexity index is 299. The molecule has 2 amide bonds. The van der Waals surface area contributed by atoms with Gasteiger partial charge < -0.3 is 0 Å². The van der Waals surface area contributed by atoms with Crippen LogP contribution in [0.2, 0.25) is 0 Å². The predicted molar refractivity (Wildman–Crippen MR) is 67.4 cm³/mol. The van der Waals surface area contributed by atoms with Crippen LogP contribution in [-0.4, -0.2) is 22.8 Å². The van der Waals surface area contributed by atoms with Gasteiger partial charge in [0, 0.05) is 12.5 Å². The van der Waals surface area contributed by atoms with Crippen molar-refractivity contribution in [1.82, 2.24) is 4.90 Å². The Morgan fingerprint density at radius 3 is 2.40 bits per heavy atom. The zero-order chi connectivity index (χ0) is 11.6. The average Bonchev–Trinajstić information content (AvgIpc) is 2.42. The van der Waals surface area contributed by atoms with E-state index in [4.69, 9.17) is 0 Å². The number of amides is 2. The minimum Gasteiger partial charge on any atom is -0.280 e. The second-order valence-electron chi connectivity index (χ2n) is 4.18. The fraction of sp³-hybridized carbons (Fsp3) is 0.636. The van der Waals surface area contributed by atoms with Crippen LogP contribution in [0.3, 0.4) is 0 Å². The number of hydrogen-bond acceptors (Lipinski definition) is 2. The molecular formula is C11H16INO2. The first-order valence-corrected chi connectivity index (χ1v) is 6.36. The van der Waals surface area contributed by atoms with Crippen LogP contribution in [0.1, 0.15) is 27.2 Å². The van der Waals surface area contributed by atoms with E-state index >= 15 is 0 Å². The average molecular weight is 321 g/mol. The molecule has 2 unspecified atom stereocenters. The van der Waals surface area contributed by atoms with Gasteiger partial charge in [-0.1, -0.05) is 35.6 Å². The second-order valence-corrected chi connectivity index (χ2v) is 4.90. The Morgan fingerprint density at radius 1 is 1.40 bits per heavy atom.